The topological polar surface area (TPSA) is 66.3 Å². The van der Waals surface area contributed by atoms with Crippen molar-refractivity contribution >= 4 is 5.91 Å². The lowest BCUT2D eigenvalue weighted by Crippen LogP contribution is -2.37. The van der Waals surface area contributed by atoms with Crippen LogP contribution in [0.2, 0.25) is 0 Å². The summed E-state index contributed by atoms with van der Waals surface area (Å²) in [7, 11) is 0. The Hall–Kier alpha value is -2.34. The summed E-state index contributed by atoms with van der Waals surface area (Å²) in [5.41, 5.74) is 1.60. The van der Waals surface area contributed by atoms with Gasteiger partial charge in [-0.05, 0) is 37.5 Å². The van der Waals surface area contributed by atoms with E-state index in [0.717, 1.165) is 18.5 Å². The van der Waals surface area contributed by atoms with Crippen LogP contribution in [0.5, 0.6) is 0 Å². The maximum atomic E-state index is 13.0. The molecule has 0 bridgehead atoms. The van der Waals surface area contributed by atoms with Gasteiger partial charge in [0, 0.05) is 12.2 Å². The molecule has 1 aliphatic rings. The fourth-order valence-corrected chi connectivity index (χ4v) is 2.41. The largest absolute Gasteiger partial charge is 0.387 e. The van der Waals surface area contributed by atoms with Crippen molar-refractivity contribution in [2.75, 3.05) is 6.54 Å². The number of aliphatic hydroxyl groups excluding tert-OH is 1. The summed E-state index contributed by atoms with van der Waals surface area (Å²) >= 11 is 0. The maximum absolute atomic E-state index is 13.0. The molecule has 0 radical (unpaired) electrons. The molecule has 5 nitrogen and oxygen atoms in total. The molecular formula is C17H18FN3O2. The summed E-state index contributed by atoms with van der Waals surface area (Å²) in [6, 6.07) is 5.78. The highest BCUT2D eigenvalue weighted by Gasteiger charge is 2.35. The zero-order chi connectivity index (χ0) is 16.4. The highest BCUT2D eigenvalue weighted by Crippen LogP contribution is 2.30. The molecule has 1 N–H and O–H groups in total. The van der Waals surface area contributed by atoms with Crippen LogP contribution in [0.25, 0.3) is 0 Å². The van der Waals surface area contributed by atoms with E-state index in [1.807, 2.05) is 0 Å². The van der Waals surface area contributed by atoms with Gasteiger partial charge in [-0.1, -0.05) is 12.1 Å². The standard InChI is InChI=1S/C17H18FN3O2/c1-11-8-20-15(9-19-11)17(23)21(14-6-7-14)10-16(22)12-2-4-13(18)5-3-12/h2-5,8-9,14,16,22H,6-7,10H2,1H3. The van der Waals surface area contributed by atoms with Crippen LogP contribution in [0.4, 0.5) is 4.39 Å². The fraction of sp³-hybridized carbons (Fsp3) is 0.353. The summed E-state index contributed by atoms with van der Waals surface area (Å²) in [5.74, 6) is -0.591. The van der Waals surface area contributed by atoms with Crippen LogP contribution in [0.1, 0.15) is 40.7 Å². The number of amides is 1. The number of carbonyl (C=O) groups is 1. The van der Waals surface area contributed by atoms with Crippen LogP contribution in [0.3, 0.4) is 0 Å². The van der Waals surface area contributed by atoms with Gasteiger partial charge in [0.15, 0.2) is 0 Å². The molecule has 2 aromatic rings. The Morgan fingerprint density at radius 3 is 2.57 bits per heavy atom. The van der Waals surface area contributed by atoms with Crippen molar-refractivity contribution in [1.29, 1.82) is 0 Å². The zero-order valence-electron chi connectivity index (χ0n) is 12.8. The quantitative estimate of drug-likeness (QED) is 0.919. The van der Waals surface area contributed by atoms with E-state index in [0.29, 0.717) is 5.56 Å². The predicted octanol–water partition coefficient (Wildman–Crippen LogP) is 2.26. The molecule has 1 fully saturated rings. The van der Waals surface area contributed by atoms with E-state index >= 15 is 0 Å². The lowest BCUT2D eigenvalue weighted by Gasteiger charge is -2.25. The average molecular weight is 315 g/mol. The van der Waals surface area contributed by atoms with E-state index in [2.05, 4.69) is 9.97 Å². The summed E-state index contributed by atoms with van der Waals surface area (Å²) in [6.07, 6.45) is 3.98. The van der Waals surface area contributed by atoms with E-state index < -0.39 is 6.10 Å². The molecule has 23 heavy (non-hydrogen) atoms. The molecular weight excluding hydrogens is 297 g/mol. The van der Waals surface area contributed by atoms with Gasteiger partial charge in [0.05, 0.1) is 24.5 Å². The lowest BCUT2D eigenvalue weighted by atomic mass is 10.1. The first-order valence-electron chi connectivity index (χ1n) is 7.58. The number of hydrogen-bond acceptors (Lipinski definition) is 4. The van der Waals surface area contributed by atoms with E-state index in [4.69, 9.17) is 0 Å². The molecule has 0 saturated heterocycles. The van der Waals surface area contributed by atoms with Gasteiger partial charge in [-0.3, -0.25) is 9.78 Å². The van der Waals surface area contributed by atoms with Crippen LogP contribution in [-0.2, 0) is 0 Å². The third kappa shape index (κ3) is 3.71. The minimum absolute atomic E-state index is 0.126. The number of aromatic nitrogens is 2. The number of nitrogens with zero attached hydrogens (tertiary/aromatic N) is 3. The van der Waals surface area contributed by atoms with Gasteiger partial charge >= 0.3 is 0 Å². The van der Waals surface area contributed by atoms with Crippen LogP contribution in [0.15, 0.2) is 36.7 Å². The Morgan fingerprint density at radius 1 is 1.30 bits per heavy atom. The Balaban J connectivity index is 1.75. The second-order valence-corrected chi connectivity index (χ2v) is 5.80. The van der Waals surface area contributed by atoms with Crippen molar-refractivity contribution in [1.82, 2.24) is 14.9 Å². The summed E-state index contributed by atoms with van der Waals surface area (Å²) < 4.78 is 13.0. The molecule has 1 atom stereocenters. The molecule has 1 unspecified atom stereocenters. The average Bonchev–Trinajstić information content (AvgIpc) is 3.38. The molecule has 1 aliphatic carbocycles. The van der Waals surface area contributed by atoms with E-state index in [1.165, 1.54) is 30.5 Å². The number of hydrogen-bond donors (Lipinski definition) is 1. The maximum Gasteiger partial charge on any atom is 0.274 e. The van der Waals surface area contributed by atoms with Crippen LogP contribution in [-0.4, -0.2) is 38.5 Å². The molecule has 6 heteroatoms. The zero-order valence-corrected chi connectivity index (χ0v) is 12.8. The van der Waals surface area contributed by atoms with Gasteiger partial charge < -0.3 is 10.0 Å². The van der Waals surface area contributed by atoms with Gasteiger partial charge in [-0.15, -0.1) is 0 Å². The highest BCUT2D eigenvalue weighted by atomic mass is 19.1. The fourth-order valence-electron chi connectivity index (χ4n) is 2.41. The molecule has 120 valence electrons. The van der Waals surface area contributed by atoms with Crippen LogP contribution in [0, 0.1) is 12.7 Å². The van der Waals surface area contributed by atoms with E-state index in [1.54, 1.807) is 18.0 Å². The number of rotatable bonds is 5. The first kappa shape index (κ1) is 15.6. The Kier molecular flexibility index (Phi) is 4.34. The van der Waals surface area contributed by atoms with Crippen molar-refractivity contribution in [3.8, 4) is 0 Å². The molecule has 3 rings (SSSR count). The van der Waals surface area contributed by atoms with Gasteiger partial charge in [0.1, 0.15) is 11.5 Å². The molecule has 0 aliphatic heterocycles. The number of aliphatic hydroxyl groups is 1. The van der Waals surface area contributed by atoms with Gasteiger partial charge in [-0.2, -0.15) is 0 Å². The number of benzene rings is 1. The van der Waals surface area contributed by atoms with Crippen LogP contribution >= 0.6 is 0 Å². The predicted molar refractivity (Wildman–Crippen MR) is 82.2 cm³/mol. The first-order chi connectivity index (χ1) is 11.0. The molecule has 1 aromatic carbocycles. The molecule has 1 aromatic heterocycles. The Labute approximate surface area is 133 Å². The Bertz CT molecular complexity index is 684. The minimum atomic E-state index is -0.862. The van der Waals surface area contributed by atoms with Crippen molar-refractivity contribution in [3.63, 3.8) is 0 Å². The van der Waals surface area contributed by atoms with Crippen molar-refractivity contribution < 1.29 is 14.3 Å². The molecule has 1 amide bonds. The van der Waals surface area contributed by atoms with E-state index in [9.17, 15) is 14.3 Å². The van der Waals surface area contributed by atoms with Crippen molar-refractivity contribution in [3.05, 3.63) is 59.4 Å². The van der Waals surface area contributed by atoms with Gasteiger partial charge in [0.25, 0.3) is 5.91 Å². The first-order valence-corrected chi connectivity index (χ1v) is 7.58. The highest BCUT2D eigenvalue weighted by molar-refractivity contribution is 5.92. The van der Waals surface area contributed by atoms with E-state index in [-0.39, 0.29) is 30.0 Å². The second-order valence-electron chi connectivity index (χ2n) is 5.80. The normalized spacial score (nSPS) is 15.3. The summed E-state index contributed by atoms with van der Waals surface area (Å²) in [6.45, 7) is 1.96. The minimum Gasteiger partial charge on any atom is -0.387 e. The molecule has 1 saturated carbocycles. The summed E-state index contributed by atoms with van der Waals surface area (Å²) in [4.78, 5) is 22.5. The van der Waals surface area contributed by atoms with Gasteiger partial charge in [-0.25, -0.2) is 9.37 Å². The Morgan fingerprint density at radius 2 is 2.00 bits per heavy atom. The smallest absolute Gasteiger partial charge is 0.274 e. The lowest BCUT2D eigenvalue weighted by molar-refractivity contribution is 0.0597. The number of aryl methyl sites for hydroxylation is 1. The van der Waals surface area contributed by atoms with Crippen LogP contribution < -0.4 is 0 Å². The number of halogens is 1. The molecule has 1 heterocycles. The van der Waals surface area contributed by atoms with Crippen molar-refractivity contribution in [2.24, 2.45) is 0 Å². The SMILES string of the molecule is Cc1cnc(C(=O)N(CC(O)c2ccc(F)cc2)C2CC2)cn1. The molecule has 0 spiro atoms. The van der Waals surface area contributed by atoms with Gasteiger partial charge in [0.2, 0.25) is 0 Å². The third-order valence-electron chi connectivity index (χ3n) is 3.87. The monoisotopic (exact) mass is 315 g/mol. The summed E-state index contributed by atoms with van der Waals surface area (Å²) in [5, 5.41) is 10.3. The van der Waals surface area contributed by atoms with Crippen molar-refractivity contribution in [2.45, 2.75) is 31.9 Å². The second kappa shape index (κ2) is 6.42. The third-order valence-corrected chi connectivity index (χ3v) is 3.87. The number of carbonyl (C=O) groups excluding carboxylic acids is 1.